The molecule has 0 atom stereocenters. The molecule has 0 aliphatic rings. The number of benzene rings is 1. The number of rotatable bonds is 5. The third kappa shape index (κ3) is 4.91. The third-order valence-electron chi connectivity index (χ3n) is 2.24. The number of nitrogens with one attached hydrogen (secondary N) is 1. The van der Waals surface area contributed by atoms with Crippen LogP contribution in [0.3, 0.4) is 0 Å². The lowest BCUT2D eigenvalue weighted by Gasteiger charge is -2.07. The van der Waals surface area contributed by atoms with Crippen molar-refractivity contribution in [3.63, 3.8) is 0 Å². The maximum Gasteiger partial charge on any atom is 0.220 e. The highest BCUT2D eigenvalue weighted by molar-refractivity contribution is 5.76. The van der Waals surface area contributed by atoms with E-state index in [9.17, 15) is 9.18 Å². The smallest absolute Gasteiger partial charge is 0.220 e. The van der Waals surface area contributed by atoms with Gasteiger partial charge in [-0.15, -0.1) is 0 Å². The van der Waals surface area contributed by atoms with Crippen LogP contribution in [0.25, 0.3) is 0 Å². The summed E-state index contributed by atoms with van der Waals surface area (Å²) < 4.78 is 12.6. The molecular formula is C13H18FNO. The summed E-state index contributed by atoms with van der Waals surface area (Å²) in [5.74, 6) is 0.232. The van der Waals surface area contributed by atoms with Gasteiger partial charge in [0.1, 0.15) is 5.82 Å². The first-order valence-corrected chi connectivity index (χ1v) is 5.59. The summed E-state index contributed by atoms with van der Waals surface area (Å²) in [6.07, 6.45) is 1.30. The molecule has 88 valence electrons. The standard InChI is InChI=1S/C13H18FNO/c1-10(2)9-13(16)15-8-7-11-3-5-12(14)6-4-11/h3-6,10H,7-9H2,1-2H3,(H,15,16). The molecule has 0 spiro atoms. The number of carbonyl (C=O) groups is 1. The molecular weight excluding hydrogens is 205 g/mol. The second-order valence-electron chi connectivity index (χ2n) is 4.32. The minimum atomic E-state index is -0.229. The van der Waals surface area contributed by atoms with E-state index in [1.807, 2.05) is 13.8 Å². The second kappa shape index (κ2) is 6.26. The van der Waals surface area contributed by atoms with E-state index in [4.69, 9.17) is 0 Å². The van der Waals surface area contributed by atoms with Gasteiger partial charge in [0, 0.05) is 13.0 Å². The highest BCUT2D eigenvalue weighted by atomic mass is 19.1. The summed E-state index contributed by atoms with van der Waals surface area (Å²) in [6, 6.07) is 6.35. The van der Waals surface area contributed by atoms with E-state index >= 15 is 0 Å². The number of hydrogen-bond donors (Lipinski definition) is 1. The molecule has 0 aliphatic heterocycles. The second-order valence-corrected chi connectivity index (χ2v) is 4.32. The van der Waals surface area contributed by atoms with Crippen LogP contribution in [0.5, 0.6) is 0 Å². The Labute approximate surface area is 95.9 Å². The molecule has 2 nitrogen and oxygen atoms in total. The third-order valence-corrected chi connectivity index (χ3v) is 2.24. The van der Waals surface area contributed by atoms with Crippen molar-refractivity contribution in [2.75, 3.05) is 6.54 Å². The molecule has 0 saturated carbocycles. The molecule has 0 bridgehead atoms. The topological polar surface area (TPSA) is 29.1 Å². The first kappa shape index (κ1) is 12.7. The quantitative estimate of drug-likeness (QED) is 0.816. The Morgan fingerprint density at radius 1 is 1.31 bits per heavy atom. The summed E-state index contributed by atoms with van der Waals surface area (Å²) in [4.78, 5) is 11.3. The van der Waals surface area contributed by atoms with Crippen LogP contribution in [-0.2, 0) is 11.2 Å². The molecule has 16 heavy (non-hydrogen) atoms. The fraction of sp³-hybridized carbons (Fsp3) is 0.462. The number of halogens is 1. The fourth-order valence-corrected chi connectivity index (χ4v) is 1.44. The van der Waals surface area contributed by atoms with Crippen molar-refractivity contribution < 1.29 is 9.18 Å². The van der Waals surface area contributed by atoms with Gasteiger partial charge in [-0.05, 0) is 30.0 Å². The fourth-order valence-electron chi connectivity index (χ4n) is 1.44. The average Bonchev–Trinajstić information content (AvgIpc) is 2.20. The van der Waals surface area contributed by atoms with E-state index in [1.54, 1.807) is 12.1 Å². The molecule has 0 aliphatic carbocycles. The Hall–Kier alpha value is -1.38. The van der Waals surface area contributed by atoms with Gasteiger partial charge in [-0.2, -0.15) is 0 Å². The summed E-state index contributed by atoms with van der Waals surface area (Å²) in [5.41, 5.74) is 1.03. The van der Waals surface area contributed by atoms with Crippen molar-refractivity contribution in [3.8, 4) is 0 Å². The lowest BCUT2D eigenvalue weighted by atomic mass is 10.1. The molecule has 0 fully saturated rings. The largest absolute Gasteiger partial charge is 0.356 e. The molecule has 0 heterocycles. The molecule has 1 rings (SSSR count). The molecule has 0 radical (unpaired) electrons. The zero-order valence-corrected chi connectivity index (χ0v) is 9.79. The SMILES string of the molecule is CC(C)CC(=O)NCCc1ccc(F)cc1. The lowest BCUT2D eigenvalue weighted by Crippen LogP contribution is -2.26. The Morgan fingerprint density at radius 2 is 1.94 bits per heavy atom. The maximum atomic E-state index is 12.6. The zero-order valence-electron chi connectivity index (χ0n) is 9.79. The van der Waals surface area contributed by atoms with Crippen LogP contribution in [0.2, 0.25) is 0 Å². The summed E-state index contributed by atoms with van der Waals surface area (Å²) >= 11 is 0. The maximum absolute atomic E-state index is 12.6. The zero-order chi connectivity index (χ0) is 12.0. The monoisotopic (exact) mass is 223 g/mol. The summed E-state index contributed by atoms with van der Waals surface area (Å²) in [7, 11) is 0. The molecule has 1 aromatic rings. The van der Waals surface area contributed by atoms with Crippen LogP contribution in [-0.4, -0.2) is 12.5 Å². The Bertz CT molecular complexity index is 332. The van der Waals surface area contributed by atoms with Gasteiger partial charge in [-0.1, -0.05) is 26.0 Å². The van der Waals surface area contributed by atoms with E-state index in [2.05, 4.69) is 5.32 Å². The van der Waals surface area contributed by atoms with Crippen LogP contribution in [0.15, 0.2) is 24.3 Å². The first-order valence-electron chi connectivity index (χ1n) is 5.59. The van der Waals surface area contributed by atoms with Crippen molar-refractivity contribution >= 4 is 5.91 Å². The van der Waals surface area contributed by atoms with Gasteiger partial charge in [0.2, 0.25) is 5.91 Å². The Morgan fingerprint density at radius 3 is 2.50 bits per heavy atom. The minimum Gasteiger partial charge on any atom is -0.356 e. The molecule has 3 heteroatoms. The predicted molar refractivity (Wildman–Crippen MR) is 62.6 cm³/mol. The van der Waals surface area contributed by atoms with Gasteiger partial charge in [0.25, 0.3) is 0 Å². The van der Waals surface area contributed by atoms with Gasteiger partial charge in [-0.3, -0.25) is 4.79 Å². The van der Waals surface area contributed by atoms with E-state index in [0.717, 1.165) is 12.0 Å². The van der Waals surface area contributed by atoms with Gasteiger partial charge in [-0.25, -0.2) is 4.39 Å². The Balaban J connectivity index is 2.25. The molecule has 1 aromatic carbocycles. The molecule has 1 amide bonds. The summed E-state index contributed by atoms with van der Waals surface area (Å²) in [5, 5.41) is 2.84. The number of amides is 1. The normalized spacial score (nSPS) is 10.5. The number of carbonyl (C=O) groups excluding carboxylic acids is 1. The highest BCUT2D eigenvalue weighted by Crippen LogP contribution is 2.03. The Kier molecular flexibility index (Phi) is 4.96. The minimum absolute atomic E-state index is 0.0807. The van der Waals surface area contributed by atoms with Crippen LogP contribution >= 0.6 is 0 Å². The van der Waals surface area contributed by atoms with Gasteiger partial charge < -0.3 is 5.32 Å². The molecule has 0 aromatic heterocycles. The van der Waals surface area contributed by atoms with Crippen LogP contribution in [0.4, 0.5) is 4.39 Å². The van der Waals surface area contributed by atoms with Crippen molar-refractivity contribution in [2.45, 2.75) is 26.7 Å². The number of hydrogen-bond acceptors (Lipinski definition) is 1. The first-order chi connectivity index (χ1) is 7.58. The van der Waals surface area contributed by atoms with E-state index in [1.165, 1.54) is 12.1 Å². The van der Waals surface area contributed by atoms with Gasteiger partial charge in [0.15, 0.2) is 0 Å². The van der Waals surface area contributed by atoms with Gasteiger partial charge >= 0.3 is 0 Å². The van der Waals surface area contributed by atoms with E-state index in [0.29, 0.717) is 18.9 Å². The van der Waals surface area contributed by atoms with Crippen molar-refractivity contribution in [1.82, 2.24) is 5.32 Å². The van der Waals surface area contributed by atoms with Crippen LogP contribution < -0.4 is 5.32 Å². The van der Waals surface area contributed by atoms with Crippen molar-refractivity contribution in [3.05, 3.63) is 35.6 Å². The molecule has 0 unspecified atom stereocenters. The van der Waals surface area contributed by atoms with Crippen LogP contribution in [0, 0.1) is 11.7 Å². The van der Waals surface area contributed by atoms with E-state index in [-0.39, 0.29) is 11.7 Å². The van der Waals surface area contributed by atoms with Gasteiger partial charge in [0.05, 0.1) is 0 Å². The predicted octanol–water partition coefficient (Wildman–Crippen LogP) is 2.53. The summed E-state index contributed by atoms with van der Waals surface area (Å²) in [6.45, 7) is 4.64. The average molecular weight is 223 g/mol. The van der Waals surface area contributed by atoms with Crippen LogP contribution in [0.1, 0.15) is 25.8 Å². The lowest BCUT2D eigenvalue weighted by molar-refractivity contribution is -0.121. The highest BCUT2D eigenvalue weighted by Gasteiger charge is 2.03. The van der Waals surface area contributed by atoms with Crippen molar-refractivity contribution in [1.29, 1.82) is 0 Å². The van der Waals surface area contributed by atoms with Crippen molar-refractivity contribution in [2.24, 2.45) is 5.92 Å². The van der Waals surface area contributed by atoms with E-state index < -0.39 is 0 Å². The molecule has 0 saturated heterocycles. The molecule has 1 N–H and O–H groups in total.